The monoisotopic (exact) mass is 580 g/mol. The molecule has 1 heterocycles. The summed E-state index contributed by atoms with van der Waals surface area (Å²) in [6, 6.07) is 0. The Labute approximate surface area is 251 Å². The van der Waals surface area contributed by atoms with Crippen LogP contribution in [0.5, 0.6) is 0 Å². The molecule has 0 aliphatic heterocycles. The number of esters is 1. The molecular weight excluding hydrogens is 519 g/mol. The molecule has 1 aromatic rings. The Morgan fingerprint density at radius 3 is 1.93 bits per heavy atom. The fourth-order valence-electron chi connectivity index (χ4n) is 2.95. The number of ketones is 1. The number of aryl methyl sites for hydroxylation is 1. The van der Waals surface area contributed by atoms with Crippen molar-refractivity contribution >= 4 is 17.8 Å². The molecule has 238 valence electrons. The minimum absolute atomic E-state index is 0.0325. The second-order valence-electron chi connectivity index (χ2n) is 13.1. The molecule has 0 N–H and O–H groups in total. The van der Waals surface area contributed by atoms with Gasteiger partial charge in [-0.2, -0.15) is 0 Å². The van der Waals surface area contributed by atoms with E-state index in [0.717, 1.165) is 5.69 Å². The molecule has 7 heteroatoms. The van der Waals surface area contributed by atoms with Crippen molar-refractivity contribution in [2.75, 3.05) is 6.61 Å². The lowest BCUT2D eigenvalue weighted by molar-refractivity contribution is -0.171. The smallest absolute Gasteiger partial charge is 0.311 e. The van der Waals surface area contributed by atoms with Crippen LogP contribution < -0.4 is 0 Å². The summed E-state index contributed by atoms with van der Waals surface area (Å²) >= 11 is 0. The molecule has 0 spiro atoms. The number of unbranched alkanes of at least 4 members (excludes halogenated alkanes) is 2. The van der Waals surface area contributed by atoms with Crippen molar-refractivity contribution in [2.45, 2.75) is 153 Å². The van der Waals surface area contributed by atoms with Crippen LogP contribution in [0, 0.1) is 18.3 Å². The van der Waals surface area contributed by atoms with Crippen LogP contribution >= 0.6 is 0 Å². The van der Waals surface area contributed by atoms with Crippen LogP contribution in [0.2, 0.25) is 0 Å². The molecule has 41 heavy (non-hydrogen) atoms. The lowest BCUT2D eigenvalue weighted by atomic mass is 9.87. The maximum Gasteiger partial charge on any atom is 0.311 e. The van der Waals surface area contributed by atoms with Gasteiger partial charge < -0.3 is 9.47 Å². The number of aromatic nitrogens is 2. The van der Waals surface area contributed by atoms with Gasteiger partial charge in [-0.25, -0.2) is 9.37 Å². The normalized spacial score (nSPS) is 12.9. The molecule has 0 bridgehead atoms. The number of carbonyl (C=O) groups excluding carboxylic acids is 2. The van der Waals surface area contributed by atoms with Crippen LogP contribution in [-0.2, 0) is 14.3 Å². The molecule has 1 rings (SSSR count). The average Bonchev–Trinajstić information content (AvgIpc) is 2.82. The van der Waals surface area contributed by atoms with Crippen molar-refractivity contribution in [1.29, 1.82) is 0 Å². The molecule has 0 aliphatic rings. The molecule has 6 nitrogen and oxygen atoms in total. The lowest BCUT2D eigenvalue weighted by Gasteiger charge is -2.25. The first-order chi connectivity index (χ1) is 18.7. The summed E-state index contributed by atoms with van der Waals surface area (Å²) in [7, 11) is 0. The standard InChI is InChI=1S/C27H43FN2O4.C4H10.C3H8/c1-18(25(3,4)5)15-21-19(2)30-22(16-29-21)23(31)14-12-11-13-20(17-33-27(9,10)28)24(32)34-26(6,7)8;1-3-4-2;1-3-2/h15-16,20H,11-14,17H2,1-10H3;3-4H2,1-2H3;3H2,1-2H3/b18-15+;;/t20-;;/m1../s1. The summed E-state index contributed by atoms with van der Waals surface area (Å²) in [6.07, 6.45) is 9.33. The van der Waals surface area contributed by atoms with Crippen LogP contribution in [0.3, 0.4) is 0 Å². The number of carbonyl (C=O) groups is 2. The zero-order valence-corrected chi connectivity index (χ0v) is 28.8. The Bertz CT molecular complexity index is 920. The highest BCUT2D eigenvalue weighted by Gasteiger charge is 2.28. The molecule has 1 aromatic heterocycles. The maximum absolute atomic E-state index is 13.8. The topological polar surface area (TPSA) is 78.4 Å². The minimum atomic E-state index is -1.83. The molecule has 0 unspecified atom stereocenters. The summed E-state index contributed by atoms with van der Waals surface area (Å²) in [5.74, 6) is -2.93. The van der Waals surface area contributed by atoms with Crippen molar-refractivity contribution in [3.8, 4) is 0 Å². The van der Waals surface area contributed by atoms with Crippen molar-refractivity contribution in [3.05, 3.63) is 28.9 Å². The predicted octanol–water partition coefficient (Wildman–Crippen LogP) is 9.88. The van der Waals surface area contributed by atoms with E-state index in [0.29, 0.717) is 37.1 Å². The van der Waals surface area contributed by atoms with Gasteiger partial charge >= 0.3 is 5.97 Å². The Kier molecular flexibility index (Phi) is 19.9. The van der Waals surface area contributed by atoms with Gasteiger partial charge in [0.05, 0.1) is 30.1 Å². The first-order valence-electron chi connectivity index (χ1n) is 15.3. The van der Waals surface area contributed by atoms with Gasteiger partial charge in [0.2, 0.25) is 5.85 Å². The van der Waals surface area contributed by atoms with Gasteiger partial charge in [-0.05, 0) is 72.8 Å². The number of halogens is 1. The van der Waals surface area contributed by atoms with Crippen LogP contribution in [0.1, 0.15) is 157 Å². The van der Waals surface area contributed by atoms with E-state index in [1.165, 1.54) is 44.9 Å². The van der Waals surface area contributed by atoms with Gasteiger partial charge in [0.15, 0.2) is 5.78 Å². The number of nitrogens with zero attached hydrogens (tertiary/aromatic N) is 2. The minimum Gasteiger partial charge on any atom is -0.460 e. The summed E-state index contributed by atoms with van der Waals surface area (Å²) < 4.78 is 24.4. The van der Waals surface area contributed by atoms with Crippen molar-refractivity contribution in [2.24, 2.45) is 11.3 Å². The molecule has 0 amide bonds. The van der Waals surface area contributed by atoms with E-state index >= 15 is 0 Å². The largest absolute Gasteiger partial charge is 0.460 e. The number of rotatable bonds is 12. The fraction of sp³-hybridized carbons (Fsp3) is 0.765. The Balaban J connectivity index is 0. The second-order valence-corrected chi connectivity index (χ2v) is 13.1. The number of alkyl halides is 1. The number of hydrogen-bond acceptors (Lipinski definition) is 6. The van der Waals surface area contributed by atoms with Gasteiger partial charge in [-0.15, -0.1) is 0 Å². The third kappa shape index (κ3) is 21.2. The summed E-state index contributed by atoms with van der Waals surface area (Å²) in [5.41, 5.74) is 2.40. The van der Waals surface area contributed by atoms with Crippen LogP contribution in [0.15, 0.2) is 11.8 Å². The van der Waals surface area contributed by atoms with E-state index in [1.54, 1.807) is 20.8 Å². The Morgan fingerprint density at radius 2 is 1.51 bits per heavy atom. The average molecular weight is 581 g/mol. The number of Topliss-reactive ketones (excluding diaryl/α,β-unsaturated/α-hetero) is 1. The first kappa shape index (κ1) is 41.0. The quantitative estimate of drug-likeness (QED) is 0.139. The zero-order chi connectivity index (χ0) is 32.4. The van der Waals surface area contributed by atoms with E-state index in [4.69, 9.17) is 9.47 Å². The van der Waals surface area contributed by atoms with Crippen LogP contribution in [0.4, 0.5) is 4.39 Å². The molecule has 0 aliphatic carbocycles. The van der Waals surface area contributed by atoms with Gasteiger partial charge in [-0.3, -0.25) is 14.6 Å². The van der Waals surface area contributed by atoms with Gasteiger partial charge in [-0.1, -0.05) is 79.7 Å². The highest BCUT2D eigenvalue weighted by molar-refractivity contribution is 5.94. The Hall–Kier alpha value is -2.15. The molecule has 0 fully saturated rings. The van der Waals surface area contributed by atoms with Crippen molar-refractivity contribution in [3.63, 3.8) is 0 Å². The maximum atomic E-state index is 13.8. The lowest BCUT2D eigenvalue weighted by Crippen LogP contribution is -2.33. The number of allylic oxidation sites excluding steroid dienone is 1. The molecular formula is C34H61FN2O4. The van der Waals surface area contributed by atoms with Gasteiger partial charge in [0, 0.05) is 6.42 Å². The highest BCUT2D eigenvalue weighted by Crippen LogP contribution is 2.26. The van der Waals surface area contributed by atoms with E-state index in [2.05, 4.69) is 65.4 Å². The summed E-state index contributed by atoms with van der Waals surface area (Å²) in [5, 5.41) is 0. The fourth-order valence-corrected chi connectivity index (χ4v) is 2.95. The first-order valence-corrected chi connectivity index (χ1v) is 15.3. The van der Waals surface area contributed by atoms with Crippen molar-refractivity contribution in [1.82, 2.24) is 9.97 Å². The third-order valence-corrected chi connectivity index (χ3v) is 5.88. The van der Waals surface area contributed by atoms with Gasteiger partial charge in [0.1, 0.15) is 11.3 Å². The molecule has 0 radical (unpaired) electrons. The number of ether oxygens (including phenoxy) is 2. The zero-order valence-electron chi connectivity index (χ0n) is 28.8. The molecule has 0 saturated heterocycles. The second kappa shape index (κ2) is 19.9. The van der Waals surface area contributed by atoms with Crippen LogP contribution in [-0.4, -0.2) is 39.8 Å². The van der Waals surface area contributed by atoms with E-state index in [1.807, 2.05) is 13.0 Å². The molecule has 1 atom stereocenters. The van der Waals surface area contributed by atoms with Gasteiger partial charge in [0.25, 0.3) is 0 Å². The molecule has 0 saturated carbocycles. The van der Waals surface area contributed by atoms with E-state index in [-0.39, 0.29) is 17.8 Å². The Morgan fingerprint density at radius 1 is 0.976 bits per heavy atom. The van der Waals surface area contributed by atoms with Crippen LogP contribution in [0.25, 0.3) is 6.08 Å². The highest BCUT2D eigenvalue weighted by atomic mass is 19.2. The van der Waals surface area contributed by atoms with E-state index < -0.39 is 23.3 Å². The summed E-state index contributed by atoms with van der Waals surface area (Å²) in [6.45, 7) is 26.8. The summed E-state index contributed by atoms with van der Waals surface area (Å²) in [4.78, 5) is 34.0. The SMILES string of the molecule is C/C(=C\c1ncc(C(=O)CCCC[C@H](COC(C)(C)F)C(=O)OC(C)(C)C)nc1C)C(C)(C)C.CCC.CCCC. The molecule has 0 aromatic carbocycles. The third-order valence-electron chi connectivity index (χ3n) is 5.88. The van der Waals surface area contributed by atoms with E-state index in [9.17, 15) is 14.0 Å². The van der Waals surface area contributed by atoms with Crippen molar-refractivity contribution < 1.29 is 23.5 Å². The predicted molar refractivity (Wildman–Crippen MR) is 170 cm³/mol. The number of hydrogen-bond donors (Lipinski definition) is 0.